The average molecular weight is 321 g/mol. The number of amides is 1. The molecule has 1 aromatic rings. The lowest BCUT2D eigenvalue weighted by atomic mass is 9.98. The molecule has 0 unspecified atom stereocenters. The number of benzene rings is 1. The molecule has 1 amide bonds. The number of hydrogen-bond donors (Lipinski definition) is 0. The van der Waals surface area contributed by atoms with E-state index in [9.17, 15) is 9.59 Å². The molecule has 1 atom stereocenters. The molecule has 5 heteroatoms. The molecule has 1 aromatic carbocycles. The van der Waals surface area contributed by atoms with Crippen molar-refractivity contribution in [1.29, 1.82) is 0 Å². The van der Waals surface area contributed by atoms with Crippen molar-refractivity contribution < 1.29 is 14.3 Å². The predicted molar refractivity (Wildman–Crippen MR) is 87.7 cm³/mol. The minimum atomic E-state index is -0.168. The molecule has 0 saturated carbocycles. The van der Waals surface area contributed by atoms with Crippen LogP contribution in [-0.4, -0.2) is 42.2 Å². The van der Waals surface area contributed by atoms with Crippen molar-refractivity contribution in [1.82, 2.24) is 4.90 Å². The van der Waals surface area contributed by atoms with E-state index < -0.39 is 0 Å². The minimum Gasteiger partial charge on any atom is -0.466 e. The number of carbonyl (C=O) groups is 2. The van der Waals surface area contributed by atoms with Gasteiger partial charge in [-0.1, -0.05) is 18.2 Å². The Kier molecular flexibility index (Phi) is 6.77. The van der Waals surface area contributed by atoms with Gasteiger partial charge in [-0.25, -0.2) is 0 Å². The van der Waals surface area contributed by atoms with Crippen LogP contribution < -0.4 is 0 Å². The number of ether oxygens (including phenoxy) is 1. The number of thioether (sulfide) groups is 1. The third-order valence-corrected chi connectivity index (χ3v) is 4.74. The van der Waals surface area contributed by atoms with Crippen LogP contribution in [0.5, 0.6) is 0 Å². The standard InChI is InChI=1S/C17H23NO3S/c1-2-21-17(20)14-7-6-11-18(13-14)16(19)10-12-22-15-8-4-3-5-9-15/h3-5,8-9,14H,2,6-7,10-13H2,1H3/t14-/m0/s1. The van der Waals surface area contributed by atoms with Gasteiger partial charge in [0.15, 0.2) is 0 Å². The van der Waals surface area contributed by atoms with Gasteiger partial charge in [-0.05, 0) is 31.9 Å². The van der Waals surface area contributed by atoms with Gasteiger partial charge in [0.05, 0.1) is 12.5 Å². The highest BCUT2D eigenvalue weighted by Gasteiger charge is 2.28. The van der Waals surface area contributed by atoms with E-state index in [2.05, 4.69) is 0 Å². The second kappa shape index (κ2) is 8.83. The van der Waals surface area contributed by atoms with Crippen molar-refractivity contribution in [3.63, 3.8) is 0 Å². The fourth-order valence-corrected chi connectivity index (χ4v) is 3.45. The van der Waals surface area contributed by atoms with Gasteiger partial charge in [0, 0.05) is 30.2 Å². The Morgan fingerprint density at radius 3 is 2.82 bits per heavy atom. The number of likely N-dealkylation sites (tertiary alicyclic amines) is 1. The second-order valence-corrected chi connectivity index (χ2v) is 6.51. The molecular formula is C17H23NO3S. The van der Waals surface area contributed by atoms with Crippen LogP contribution in [0.2, 0.25) is 0 Å². The maximum absolute atomic E-state index is 12.3. The molecule has 2 rings (SSSR count). The zero-order valence-electron chi connectivity index (χ0n) is 13.0. The normalized spacial score (nSPS) is 18.0. The summed E-state index contributed by atoms with van der Waals surface area (Å²) in [7, 11) is 0. The summed E-state index contributed by atoms with van der Waals surface area (Å²) in [5, 5.41) is 0. The van der Waals surface area contributed by atoms with E-state index in [1.807, 2.05) is 42.2 Å². The van der Waals surface area contributed by atoms with Crippen LogP contribution in [0.4, 0.5) is 0 Å². The van der Waals surface area contributed by atoms with E-state index in [0.29, 0.717) is 19.6 Å². The van der Waals surface area contributed by atoms with E-state index in [1.165, 1.54) is 4.90 Å². The molecule has 22 heavy (non-hydrogen) atoms. The molecule has 0 N–H and O–H groups in total. The monoisotopic (exact) mass is 321 g/mol. The molecule has 0 bridgehead atoms. The summed E-state index contributed by atoms with van der Waals surface area (Å²) in [6, 6.07) is 10.1. The first kappa shape index (κ1) is 16.9. The van der Waals surface area contributed by atoms with Crippen LogP contribution in [-0.2, 0) is 14.3 Å². The number of carbonyl (C=O) groups excluding carboxylic acids is 2. The summed E-state index contributed by atoms with van der Waals surface area (Å²) in [5.74, 6) is 0.583. The summed E-state index contributed by atoms with van der Waals surface area (Å²) in [6.45, 7) is 3.47. The van der Waals surface area contributed by atoms with Crippen molar-refractivity contribution in [2.45, 2.75) is 31.1 Å². The number of rotatable bonds is 6. The quantitative estimate of drug-likeness (QED) is 0.597. The molecule has 1 saturated heterocycles. The Hall–Kier alpha value is -1.49. The zero-order valence-corrected chi connectivity index (χ0v) is 13.8. The number of esters is 1. The van der Waals surface area contributed by atoms with Gasteiger partial charge in [-0.3, -0.25) is 9.59 Å². The molecule has 4 nitrogen and oxygen atoms in total. The van der Waals surface area contributed by atoms with Crippen LogP contribution >= 0.6 is 11.8 Å². The van der Waals surface area contributed by atoms with Crippen LogP contribution in [0.15, 0.2) is 35.2 Å². The highest BCUT2D eigenvalue weighted by Crippen LogP contribution is 2.21. The Morgan fingerprint density at radius 1 is 1.32 bits per heavy atom. The molecular weight excluding hydrogens is 298 g/mol. The third-order valence-electron chi connectivity index (χ3n) is 3.72. The first-order chi connectivity index (χ1) is 10.7. The second-order valence-electron chi connectivity index (χ2n) is 5.34. The van der Waals surface area contributed by atoms with Crippen molar-refractivity contribution in [2.75, 3.05) is 25.4 Å². The van der Waals surface area contributed by atoms with E-state index in [0.717, 1.165) is 25.1 Å². The third kappa shape index (κ3) is 5.05. The summed E-state index contributed by atoms with van der Waals surface area (Å²) < 4.78 is 5.07. The number of nitrogens with zero attached hydrogens (tertiary/aromatic N) is 1. The summed E-state index contributed by atoms with van der Waals surface area (Å²) in [6.07, 6.45) is 2.21. The Bertz CT molecular complexity index is 492. The van der Waals surface area contributed by atoms with Crippen LogP contribution in [0.25, 0.3) is 0 Å². The Labute approximate surface area is 136 Å². The number of piperidine rings is 1. The van der Waals surface area contributed by atoms with E-state index >= 15 is 0 Å². The van der Waals surface area contributed by atoms with Gasteiger partial charge in [0.2, 0.25) is 5.91 Å². The van der Waals surface area contributed by atoms with Gasteiger partial charge >= 0.3 is 5.97 Å². The molecule has 0 spiro atoms. The largest absolute Gasteiger partial charge is 0.466 e. The molecule has 1 aliphatic heterocycles. The lowest BCUT2D eigenvalue weighted by molar-refractivity contribution is -0.151. The highest BCUT2D eigenvalue weighted by atomic mass is 32.2. The van der Waals surface area contributed by atoms with Gasteiger partial charge in [-0.2, -0.15) is 0 Å². The predicted octanol–water partition coefficient (Wildman–Crippen LogP) is 2.97. The lowest BCUT2D eigenvalue weighted by Crippen LogP contribution is -2.42. The summed E-state index contributed by atoms with van der Waals surface area (Å²) in [5.41, 5.74) is 0. The van der Waals surface area contributed by atoms with Crippen molar-refractivity contribution in [2.24, 2.45) is 5.92 Å². The van der Waals surface area contributed by atoms with Crippen molar-refractivity contribution >= 4 is 23.6 Å². The molecule has 1 aliphatic rings. The maximum atomic E-state index is 12.3. The Morgan fingerprint density at radius 2 is 2.09 bits per heavy atom. The fraction of sp³-hybridized carbons (Fsp3) is 0.529. The van der Waals surface area contributed by atoms with Gasteiger partial charge < -0.3 is 9.64 Å². The first-order valence-electron chi connectivity index (χ1n) is 7.83. The van der Waals surface area contributed by atoms with E-state index in [-0.39, 0.29) is 17.8 Å². The van der Waals surface area contributed by atoms with Crippen molar-refractivity contribution in [3.8, 4) is 0 Å². The molecule has 120 valence electrons. The van der Waals surface area contributed by atoms with E-state index in [4.69, 9.17) is 4.74 Å². The molecule has 1 fully saturated rings. The Balaban J connectivity index is 1.75. The van der Waals surface area contributed by atoms with Crippen LogP contribution in [0.1, 0.15) is 26.2 Å². The minimum absolute atomic E-state index is 0.137. The van der Waals surface area contributed by atoms with Gasteiger partial charge in [0.1, 0.15) is 0 Å². The number of hydrogen-bond acceptors (Lipinski definition) is 4. The molecule has 0 aromatic heterocycles. The van der Waals surface area contributed by atoms with Gasteiger partial charge in [0.25, 0.3) is 0 Å². The van der Waals surface area contributed by atoms with E-state index in [1.54, 1.807) is 11.8 Å². The topological polar surface area (TPSA) is 46.6 Å². The molecule has 1 heterocycles. The average Bonchev–Trinajstić information content (AvgIpc) is 2.56. The summed E-state index contributed by atoms with van der Waals surface area (Å²) in [4.78, 5) is 27.1. The van der Waals surface area contributed by atoms with Crippen LogP contribution in [0.3, 0.4) is 0 Å². The SMILES string of the molecule is CCOC(=O)[C@H]1CCCN(C(=O)CCSc2ccccc2)C1. The van der Waals surface area contributed by atoms with Gasteiger partial charge in [-0.15, -0.1) is 11.8 Å². The first-order valence-corrected chi connectivity index (χ1v) is 8.81. The zero-order chi connectivity index (χ0) is 15.8. The fourth-order valence-electron chi connectivity index (χ4n) is 2.59. The van der Waals surface area contributed by atoms with Crippen LogP contribution in [0, 0.1) is 5.92 Å². The summed E-state index contributed by atoms with van der Waals surface area (Å²) >= 11 is 1.69. The smallest absolute Gasteiger partial charge is 0.310 e. The van der Waals surface area contributed by atoms with Crippen molar-refractivity contribution in [3.05, 3.63) is 30.3 Å². The molecule has 0 aliphatic carbocycles. The highest BCUT2D eigenvalue weighted by molar-refractivity contribution is 7.99. The lowest BCUT2D eigenvalue weighted by Gasteiger charge is -2.31. The maximum Gasteiger partial charge on any atom is 0.310 e. The molecule has 0 radical (unpaired) electrons.